The third-order valence-corrected chi connectivity index (χ3v) is 6.43. The lowest BCUT2D eigenvalue weighted by molar-refractivity contribution is -0.214. The van der Waals surface area contributed by atoms with Crippen LogP contribution in [0.15, 0.2) is 18.2 Å². The highest BCUT2D eigenvalue weighted by Crippen LogP contribution is 2.38. The molecule has 3 rings (SSSR count). The van der Waals surface area contributed by atoms with Crippen molar-refractivity contribution in [1.82, 2.24) is 0 Å². The van der Waals surface area contributed by atoms with Crippen LogP contribution in [0.5, 0.6) is 0 Å². The van der Waals surface area contributed by atoms with Gasteiger partial charge in [-0.05, 0) is 42.7 Å². The topological polar surface area (TPSA) is 18.5 Å². The zero-order chi connectivity index (χ0) is 18.4. The maximum atomic E-state index is 14.0. The average Bonchev–Trinajstić information content (AvgIpc) is 2.69. The second-order valence-corrected chi connectivity index (χ2v) is 8.24. The lowest BCUT2D eigenvalue weighted by Gasteiger charge is -2.38. The van der Waals surface area contributed by atoms with E-state index in [0.29, 0.717) is 12.3 Å². The van der Waals surface area contributed by atoms with E-state index in [0.717, 1.165) is 36.2 Å². The van der Waals surface area contributed by atoms with Crippen LogP contribution < -0.4 is 0 Å². The maximum Gasteiger partial charge on any atom is 0.183 e. The molecule has 1 aromatic rings. The Hall–Kier alpha value is -0.930. The summed E-state index contributed by atoms with van der Waals surface area (Å²) in [6.45, 7) is 5.73. The van der Waals surface area contributed by atoms with E-state index in [4.69, 9.17) is 9.47 Å². The van der Waals surface area contributed by atoms with Crippen LogP contribution in [0.1, 0.15) is 82.6 Å². The fourth-order valence-electron chi connectivity index (χ4n) is 4.61. The van der Waals surface area contributed by atoms with Gasteiger partial charge in [-0.2, -0.15) is 0 Å². The van der Waals surface area contributed by atoms with Crippen molar-refractivity contribution in [3.8, 4) is 0 Å². The molecule has 0 atom stereocenters. The van der Waals surface area contributed by atoms with Gasteiger partial charge in [-0.3, -0.25) is 0 Å². The standard InChI is InChI=1S/C23H35FO2/c1-3-5-6-7-17-8-10-19(11-9-17)21-15-25-23(26-16-21)20-13-12-18(4-2)22(24)14-20/h12-14,17,19,21,23H,3-11,15-16H2,1-2H3/t17?,19?,21-,23-. The minimum atomic E-state index is -0.406. The number of benzene rings is 1. The second-order valence-electron chi connectivity index (χ2n) is 8.24. The molecule has 2 fully saturated rings. The molecule has 1 heterocycles. The number of unbranched alkanes of at least 4 members (excludes halogenated alkanes) is 2. The van der Waals surface area contributed by atoms with Crippen molar-refractivity contribution in [2.45, 2.75) is 77.9 Å². The molecule has 0 amide bonds. The molecule has 0 unspecified atom stereocenters. The first-order valence-corrected chi connectivity index (χ1v) is 10.7. The molecule has 1 saturated carbocycles. The highest BCUT2D eigenvalue weighted by Gasteiger charge is 2.32. The Morgan fingerprint density at radius 3 is 2.31 bits per heavy atom. The Labute approximate surface area is 158 Å². The molecule has 3 heteroatoms. The summed E-state index contributed by atoms with van der Waals surface area (Å²) in [5, 5.41) is 0. The van der Waals surface area contributed by atoms with Gasteiger partial charge in [0.05, 0.1) is 13.2 Å². The van der Waals surface area contributed by atoms with Crippen LogP contribution in [0.25, 0.3) is 0 Å². The lowest BCUT2D eigenvalue weighted by Crippen LogP contribution is -2.34. The zero-order valence-electron chi connectivity index (χ0n) is 16.5. The van der Waals surface area contributed by atoms with Crippen LogP contribution in [-0.2, 0) is 15.9 Å². The van der Waals surface area contributed by atoms with Crippen molar-refractivity contribution >= 4 is 0 Å². The summed E-state index contributed by atoms with van der Waals surface area (Å²) in [5.41, 5.74) is 1.55. The van der Waals surface area contributed by atoms with Gasteiger partial charge < -0.3 is 9.47 Å². The van der Waals surface area contributed by atoms with E-state index in [1.807, 2.05) is 19.1 Å². The largest absolute Gasteiger partial charge is 0.348 e. The lowest BCUT2D eigenvalue weighted by atomic mass is 9.74. The molecule has 0 N–H and O–H groups in total. The molecule has 0 bridgehead atoms. The van der Waals surface area contributed by atoms with E-state index in [-0.39, 0.29) is 5.82 Å². The van der Waals surface area contributed by atoms with Gasteiger partial charge in [0.1, 0.15) is 5.82 Å². The van der Waals surface area contributed by atoms with Gasteiger partial charge in [0.25, 0.3) is 0 Å². The van der Waals surface area contributed by atoms with Crippen molar-refractivity contribution in [2.24, 2.45) is 17.8 Å². The fraction of sp³-hybridized carbons (Fsp3) is 0.739. The summed E-state index contributed by atoms with van der Waals surface area (Å²) >= 11 is 0. The summed E-state index contributed by atoms with van der Waals surface area (Å²) in [6, 6.07) is 5.36. The van der Waals surface area contributed by atoms with Gasteiger partial charge >= 0.3 is 0 Å². The number of aryl methyl sites for hydroxylation is 1. The minimum Gasteiger partial charge on any atom is -0.348 e. The molecule has 2 nitrogen and oxygen atoms in total. The molecule has 1 aromatic carbocycles. The highest BCUT2D eigenvalue weighted by molar-refractivity contribution is 5.25. The first-order chi connectivity index (χ1) is 12.7. The van der Waals surface area contributed by atoms with E-state index in [1.54, 1.807) is 6.07 Å². The van der Waals surface area contributed by atoms with Gasteiger partial charge in [-0.15, -0.1) is 0 Å². The van der Waals surface area contributed by atoms with E-state index in [9.17, 15) is 4.39 Å². The normalized spacial score (nSPS) is 29.7. The summed E-state index contributed by atoms with van der Waals surface area (Å²) in [6.07, 6.45) is 11.2. The van der Waals surface area contributed by atoms with Crippen LogP contribution in [0.4, 0.5) is 4.39 Å². The van der Waals surface area contributed by atoms with Gasteiger partial charge in [0.2, 0.25) is 0 Å². The van der Waals surface area contributed by atoms with Crippen molar-refractivity contribution < 1.29 is 13.9 Å². The Morgan fingerprint density at radius 1 is 0.962 bits per heavy atom. The van der Waals surface area contributed by atoms with Crippen LogP contribution >= 0.6 is 0 Å². The van der Waals surface area contributed by atoms with Crippen LogP contribution in [0.2, 0.25) is 0 Å². The molecular formula is C23H35FO2. The molecule has 1 aliphatic heterocycles. The molecule has 0 aromatic heterocycles. The number of hydrogen-bond acceptors (Lipinski definition) is 2. The van der Waals surface area contributed by atoms with Crippen LogP contribution in [0, 0.1) is 23.6 Å². The Kier molecular flexibility index (Phi) is 7.51. The Bertz CT molecular complexity index is 543. The molecule has 2 aliphatic rings. The molecule has 1 saturated heterocycles. The number of halogens is 1. The average molecular weight is 363 g/mol. The summed E-state index contributed by atoms with van der Waals surface area (Å²) in [5.74, 6) is 2.02. The van der Waals surface area contributed by atoms with Crippen LogP contribution in [-0.4, -0.2) is 13.2 Å². The number of rotatable bonds is 7. The predicted octanol–water partition coefficient (Wildman–Crippen LogP) is 6.44. The van der Waals surface area contributed by atoms with E-state index >= 15 is 0 Å². The highest BCUT2D eigenvalue weighted by atomic mass is 19.1. The van der Waals surface area contributed by atoms with Gasteiger partial charge in [-0.25, -0.2) is 4.39 Å². The van der Waals surface area contributed by atoms with E-state index in [2.05, 4.69) is 6.92 Å². The quantitative estimate of drug-likeness (QED) is 0.520. The van der Waals surface area contributed by atoms with Gasteiger partial charge in [0, 0.05) is 11.5 Å². The third kappa shape index (κ3) is 5.07. The summed E-state index contributed by atoms with van der Waals surface area (Å²) in [4.78, 5) is 0. The predicted molar refractivity (Wildman–Crippen MR) is 104 cm³/mol. The number of hydrogen-bond donors (Lipinski definition) is 0. The Balaban J connectivity index is 1.43. The number of ether oxygens (including phenoxy) is 2. The molecule has 26 heavy (non-hydrogen) atoms. The molecule has 1 aliphatic carbocycles. The zero-order valence-corrected chi connectivity index (χ0v) is 16.5. The van der Waals surface area contributed by atoms with Crippen molar-refractivity contribution in [2.75, 3.05) is 13.2 Å². The second kappa shape index (κ2) is 9.85. The third-order valence-electron chi connectivity index (χ3n) is 6.43. The first-order valence-electron chi connectivity index (χ1n) is 10.7. The summed E-state index contributed by atoms with van der Waals surface area (Å²) < 4.78 is 26.0. The molecule has 146 valence electrons. The SMILES string of the molecule is CCCCCC1CCC([C@H]2CO[C@H](c3ccc(CC)c(F)c3)OC2)CC1. The summed E-state index contributed by atoms with van der Waals surface area (Å²) in [7, 11) is 0. The van der Waals surface area contributed by atoms with Crippen molar-refractivity contribution in [3.63, 3.8) is 0 Å². The van der Waals surface area contributed by atoms with E-state index in [1.165, 1.54) is 51.4 Å². The van der Waals surface area contributed by atoms with Gasteiger partial charge in [-0.1, -0.05) is 64.5 Å². The smallest absolute Gasteiger partial charge is 0.183 e. The van der Waals surface area contributed by atoms with Crippen molar-refractivity contribution in [3.05, 3.63) is 35.1 Å². The fourth-order valence-corrected chi connectivity index (χ4v) is 4.61. The van der Waals surface area contributed by atoms with Crippen molar-refractivity contribution in [1.29, 1.82) is 0 Å². The van der Waals surface area contributed by atoms with E-state index < -0.39 is 6.29 Å². The van der Waals surface area contributed by atoms with Gasteiger partial charge in [0.15, 0.2) is 6.29 Å². The Morgan fingerprint density at radius 2 is 1.69 bits per heavy atom. The molecule has 0 spiro atoms. The molecular weight excluding hydrogens is 327 g/mol. The minimum absolute atomic E-state index is 0.152. The first kappa shape index (κ1) is 19.8. The molecule has 0 radical (unpaired) electrons. The monoisotopic (exact) mass is 362 g/mol. The van der Waals surface area contributed by atoms with Crippen LogP contribution in [0.3, 0.4) is 0 Å². The maximum absolute atomic E-state index is 14.0.